The number of rotatable bonds is 3. The number of hydrogen-bond acceptors (Lipinski definition) is 4. The fourth-order valence-electron chi connectivity index (χ4n) is 3.26. The summed E-state index contributed by atoms with van der Waals surface area (Å²) in [6.07, 6.45) is 7.89. The number of nitrogens with two attached hydrogens (primary N) is 1. The highest BCUT2D eigenvalue weighted by Crippen LogP contribution is 2.39. The van der Waals surface area contributed by atoms with Crippen LogP contribution in [0.25, 0.3) is 11.0 Å². The van der Waals surface area contributed by atoms with Crippen molar-refractivity contribution in [1.82, 2.24) is 9.97 Å². The lowest BCUT2D eigenvalue weighted by atomic mass is 9.69. The number of fused-ring (bicyclic) bond motifs is 1. The van der Waals surface area contributed by atoms with Gasteiger partial charge >= 0.3 is 0 Å². The molecule has 1 saturated carbocycles. The number of nitrogens with zero attached hydrogens (tertiary/aromatic N) is 2. The molecule has 0 aliphatic heterocycles. The van der Waals surface area contributed by atoms with E-state index >= 15 is 0 Å². The van der Waals surface area contributed by atoms with E-state index in [4.69, 9.17) is 10.5 Å². The smallest absolute Gasteiger partial charge is 0.232 e. The van der Waals surface area contributed by atoms with Crippen molar-refractivity contribution < 1.29 is 4.74 Å². The Balaban J connectivity index is 2.03. The van der Waals surface area contributed by atoms with E-state index in [1.54, 1.807) is 13.3 Å². The highest BCUT2D eigenvalue weighted by Gasteiger charge is 2.32. The Kier molecular flexibility index (Phi) is 3.57. The molecule has 0 spiro atoms. The average Bonchev–Trinajstić information content (AvgIpc) is 2.54. The Morgan fingerprint density at radius 2 is 2.00 bits per heavy atom. The maximum absolute atomic E-state index is 6.10. The van der Waals surface area contributed by atoms with E-state index in [0.717, 1.165) is 11.0 Å². The van der Waals surface area contributed by atoms with Gasteiger partial charge in [0.25, 0.3) is 0 Å². The summed E-state index contributed by atoms with van der Waals surface area (Å²) in [6, 6.07) is 6.35. The summed E-state index contributed by atoms with van der Waals surface area (Å²) in [7, 11) is 1.61. The van der Waals surface area contributed by atoms with Crippen LogP contribution >= 0.6 is 0 Å². The molecule has 0 unspecified atom stereocenters. The largest absolute Gasteiger partial charge is 0.480 e. The molecule has 0 radical (unpaired) electrons. The van der Waals surface area contributed by atoms with Crippen molar-refractivity contribution in [2.45, 2.75) is 37.5 Å². The molecule has 0 amide bonds. The van der Waals surface area contributed by atoms with Crippen LogP contribution in [-0.4, -0.2) is 23.6 Å². The van der Waals surface area contributed by atoms with Crippen LogP contribution in [0.4, 0.5) is 0 Å². The molecule has 0 saturated heterocycles. The van der Waals surface area contributed by atoms with Gasteiger partial charge in [-0.2, -0.15) is 0 Å². The zero-order chi connectivity index (χ0) is 14.0. The third-order valence-electron chi connectivity index (χ3n) is 4.54. The maximum atomic E-state index is 6.10. The van der Waals surface area contributed by atoms with Gasteiger partial charge in [-0.25, -0.2) is 9.97 Å². The molecule has 1 aromatic heterocycles. The van der Waals surface area contributed by atoms with Crippen LogP contribution in [0.15, 0.2) is 24.4 Å². The Morgan fingerprint density at radius 3 is 2.70 bits per heavy atom. The first kappa shape index (κ1) is 13.3. The van der Waals surface area contributed by atoms with Gasteiger partial charge < -0.3 is 10.5 Å². The van der Waals surface area contributed by atoms with Gasteiger partial charge in [-0.05, 0) is 30.5 Å². The van der Waals surface area contributed by atoms with Crippen LogP contribution in [0.3, 0.4) is 0 Å². The Hall–Kier alpha value is -1.68. The van der Waals surface area contributed by atoms with Gasteiger partial charge in [0.1, 0.15) is 0 Å². The summed E-state index contributed by atoms with van der Waals surface area (Å²) >= 11 is 0. The van der Waals surface area contributed by atoms with Crippen LogP contribution in [0.1, 0.15) is 37.7 Å². The molecule has 2 aromatic rings. The quantitative estimate of drug-likeness (QED) is 0.932. The van der Waals surface area contributed by atoms with Crippen molar-refractivity contribution in [3.05, 3.63) is 30.0 Å². The van der Waals surface area contributed by atoms with Gasteiger partial charge in [-0.15, -0.1) is 0 Å². The van der Waals surface area contributed by atoms with Crippen molar-refractivity contribution in [2.24, 2.45) is 5.73 Å². The first-order valence-corrected chi connectivity index (χ1v) is 7.29. The Morgan fingerprint density at radius 1 is 1.20 bits per heavy atom. The highest BCUT2D eigenvalue weighted by molar-refractivity contribution is 5.75. The monoisotopic (exact) mass is 271 g/mol. The summed E-state index contributed by atoms with van der Waals surface area (Å²) in [6.45, 7) is 0.710. The summed E-state index contributed by atoms with van der Waals surface area (Å²) in [5, 5.41) is 0. The van der Waals surface area contributed by atoms with Gasteiger partial charge in [0.15, 0.2) is 0 Å². The molecule has 1 aliphatic carbocycles. The molecule has 20 heavy (non-hydrogen) atoms. The van der Waals surface area contributed by atoms with Crippen LogP contribution in [0.5, 0.6) is 5.88 Å². The van der Waals surface area contributed by atoms with Gasteiger partial charge in [-0.3, -0.25) is 0 Å². The lowest BCUT2D eigenvalue weighted by molar-refractivity contribution is 0.301. The molecular formula is C16H21N3O. The topological polar surface area (TPSA) is 61.0 Å². The van der Waals surface area contributed by atoms with Crippen molar-refractivity contribution >= 4 is 11.0 Å². The predicted octanol–water partition coefficient (Wildman–Crippen LogP) is 2.80. The fourth-order valence-corrected chi connectivity index (χ4v) is 3.26. The predicted molar refractivity (Wildman–Crippen MR) is 79.9 cm³/mol. The zero-order valence-corrected chi connectivity index (χ0v) is 11.9. The van der Waals surface area contributed by atoms with E-state index in [1.807, 2.05) is 6.07 Å². The summed E-state index contributed by atoms with van der Waals surface area (Å²) in [4.78, 5) is 8.86. The highest BCUT2D eigenvalue weighted by atomic mass is 16.5. The first-order valence-electron chi connectivity index (χ1n) is 7.29. The molecule has 1 fully saturated rings. The Bertz CT molecular complexity index is 606. The second kappa shape index (κ2) is 5.37. The van der Waals surface area contributed by atoms with E-state index in [1.165, 1.54) is 37.7 Å². The third kappa shape index (κ3) is 2.24. The van der Waals surface area contributed by atoms with E-state index < -0.39 is 0 Å². The zero-order valence-electron chi connectivity index (χ0n) is 11.9. The molecule has 1 aromatic carbocycles. The van der Waals surface area contributed by atoms with E-state index in [2.05, 4.69) is 22.1 Å². The summed E-state index contributed by atoms with van der Waals surface area (Å²) in [5.74, 6) is 0.552. The van der Waals surface area contributed by atoms with E-state index in [9.17, 15) is 0 Å². The SMILES string of the molecule is COc1cnc2cc(C3(CN)CCCCC3)ccc2n1. The molecule has 4 nitrogen and oxygen atoms in total. The molecule has 1 heterocycles. The summed E-state index contributed by atoms with van der Waals surface area (Å²) in [5.41, 5.74) is 9.34. The van der Waals surface area contributed by atoms with Crippen LogP contribution in [0.2, 0.25) is 0 Å². The van der Waals surface area contributed by atoms with Crippen molar-refractivity contribution in [2.75, 3.05) is 13.7 Å². The minimum Gasteiger partial charge on any atom is -0.480 e. The van der Waals surface area contributed by atoms with Gasteiger partial charge in [0.2, 0.25) is 5.88 Å². The second-order valence-electron chi connectivity index (χ2n) is 5.66. The van der Waals surface area contributed by atoms with Crippen LogP contribution in [0, 0.1) is 0 Å². The number of aromatic nitrogens is 2. The fraction of sp³-hybridized carbons (Fsp3) is 0.500. The molecular weight excluding hydrogens is 250 g/mol. The van der Waals surface area contributed by atoms with Crippen molar-refractivity contribution in [3.63, 3.8) is 0 Å². The minimum absolute atomic E-state index is 0.133. The molecule has 1 aliphatic rings. The standard InChI is InChI=1S/C16H21N3O/c1-20-15-10-18-14-9-12(5-6-13(14)19-15)16(11-17)7-3-2-4-8-16/h5-6,9-10H,2-4,7-8,11,17H2,1H3. The van der Waals surface area contributed by atoms with E-state index in [0.29, 0.717) is 12.4 Å². The van der Waals surface area contributed by atoms with Crippen LogP contribution < -0.4 is 10.5 Å². The molecule has 0 bridgehead atoms. The second-order valence-corrected chi connectivity index (χ2v) is 5.66. The molecule has 3 rings (SSSR count). The number of hydrogen-bond donors (Lipinski definition) is 1. The summed E-state index contributed by atoms with van der Waals surface area (Å²) < 4.78 is 5.12. The van der Waals surface area contributed by atoms with E-state index in [-0.39, 0.29) is 5.41 Å². The molecule has 106 valence electrons. The normalized spacial score (nSPS) is 18.1. The first-order chi connectivity index (χ1) is 9.77. The van der Waals surface area contributed by atoms with Crippen molar-refractivity contribution in [3.8, 4) is 5.88 Å². The number of benzene rings is 1. The minimum atomic E-state index is 0.133. The lowest BCUT2D eigenvalue weighted by Crippen LogP contribution is -2.37. The molecule has 4 heteroatoms. The lowest BCUT2D eigenvalue weighted by Gasteiger charge is -2.36. The van der Waals surface area contributed by atoms with Gasteiger partial charge in [0.05, 0.1) is 24.3 Å². The average molecular weight is 271 g/mol. The number of ether oxygens (including phenoxy) is 1. The van der Waals surface area contributed by atoms with Gasteiger partial charge in [-0.1, -0.05) is 25.3 Å². The van der Waals surface area contributed by atoms with Gasteiger partial charge in [0, 0.05) is 12.0 Å². The molecule has 0 atom stereocenters. The maximum Gasteiger partial charge on any atom is 0.232 e. The van der Waals surface area contributed by atoms with Crippen LogP contribution in [-0.2, 0) is 5.41 Å². The number of methoxy groups -OCH3 is 1. The Labute approximate surface area is 119 Å². The third-order valence-corrected chi connectivity index (χ3v) is 4.54. The molecule has 2 N–H and O–H groups in total. The van der Waals surface area contributed by atoms with Crippen molar-refractivity contribution in [1.29, 1.82) is 0 Å².